The summed E-state index contributed by atoms with van der Waals surface area (Å²) in [4.78, 5) is 17.1. The summed E-state index contributed by atoms with van der Waals surface area (Å²) in [5, 5.41) is 6.15. The Balaban J connectivity index is 2.06. The zero-order chi connectivity index (χ0) is 9.26. The minimum atomic E-state index is -0.120. The molecule has 6 heteroatoms. The van der Waals surface area contributed by atoms with Crippen LogP contribution >= 0.6 is 0 Å². The number of hydrogen-bond donors (Lipinski definition) is 2. The van der Waals surface area contributed by atoms with Gasteiger partial charge in [0.15, 0.2) is 0 Å². The van der Waals surface area contributed by atoms with E-state index in [1.807, 2.05) is 0 Å². The van der Waals surface area contributed by atoms with Gasteiger partial charge in [0.2, 0.25) is 5.82 Å². The molecule has 0 radical (unpaired) electrons. The van der Waals surface area contributed by atoms with Crippen LogP contribution in [-0.2, 0) is 0 Å². The molecule has 1 fully saturated rings. The van der Waals surface area contributed by atoms with Crippen molar-refractivity contribution in [2.45, 2.75) is 12.5 Å². The number of nitrogens with one attached hydrogen (secondary N) is 1. The number of amides is 1. The molecule has 6 nitrogen and oxygen atoms in total. The van der Waals surface area contributed by atoms with Crippen molar-refractivity contribution >= 4 is 5.91 Å². The van der Waals surface area contributed by atoms with Gasteiger partial charge in [0.05, 0.1) is 0 Å². The summed E-state index contributed by atoms with van der Waals surface area (Å²) in [6.45, 7) is 1.32. The minimum absolute atomic E-state index is 0.104. The first-order valence-electron chi connectivity index (χ1n) is 4.17. The van der Waals surface area contributed by atoms with E-state index >= 15 is 0 Å². The number of carbonyl (C=O) groups is 1. The maximum Gasteiger partial charge on any atom is 0.291 e. The highest BCUT2D eigenvalue weighted by molar-refractivity contribution is 5.90. The lowest BCUT2D eigenvalue weighted by molar-refractivity contribution is 0.0779. The number of nitrogens with two attached hydrogens (primary N) is 1. The van der Waals surface area contributed by atoms with Crippen LogP contribution in [0, 0.1) is 0 Å². The quantitative estimate of drug-likeness (QED) is 0.580. The Bertz CT molecular complexity index is 296. The molecule has 0 spiro atoms. The average molecular weight is 181 g/mol. The molecule has 1 atom stereocenters. The fraction of sp³-hybridized carbons (Fsp3) is 0.571. The van der Waals surface area contributed by atoms with Gasteiger partial charge in [-0.1, -0.05) is 0 Å². The second kappa shape index (κ2) is 3.14. The lowest BCUT2D eigenvalue weighted by Gasteiger charge is -2.12. The zero-order valence-electron chi connectivity index (χ0n) is 7.10. The van der Waals surface area contributed by atoms with Crippen molar-refractivity contribution in [1.82, 2.24) is 20.1 Å². The van der Waals surface area contributed by atoms with Gasteiger partial charge in [-0.15, -0.1) is 0 Å². The van der Waals surface area contributed by atoms with Gasteiger partial charge >= 0.3 is 0 Å². The number of H-pyrrole nitrogens is 1. The van der Waals surface area contributed by atoms with Crippen LogP contribution in [0.15, 0.2) is 6.33 Å². The normalized spacial score (nSPS) is 22.2. The maximum absolute atomic E-state index is 11.6. The van der Waals surface area contributed by atoms with E-state index < -0.39 is 0 Å². The Morgan fingerprint density at radius 3 is 3.15 bits per heavy atom. The average Bonchev–Trinajstić information content (AvgIpc) is 2.72. The summed E-state index contributed by atoms with van der Waals surface area (Å²) < 4.78 is 0. The smallest absolute Gasteiger partial charge is 0.291 e. The number of likely N-dealkylation sites (tertiary alicyclic amines) is 1. The van der Waals surface area contributed by atoms with Gasteiger partial charge in [-0.05, 0) is 6.42 Å². The van der Waals surface area contributed by atoms with E-state index in [9.17, 15) is 4.79 Å². The summed E-state index contributed by atoms with van der Waals surface area (Å²) in [7, 11) is 0. The van der Waals surface area contributed by atoms with Gasteiger partial charge in [0.1, 0.15) is 6.33 Å². The molecule has 1 aliphatic heterocycles. The first-order chi connectivity index (χ1) is 6.27. The molecule has 2 rings (SSSR count). The standard InChI is InChI=1S/C7H11N5O/c8-5-1-2-12(3-5)7(13)6-9-4-10-11-6/h4-5H,1-3,8H2,(H,9,10,11)/t5-/m1/s1. The van der Waals surface area contributed by atoms with Gasteiger partial charge in [0.25, 0.3) is 5.91 Å². The molecule has 1 saturated heterocycles. The third kappa shape index (κ3) is 1.52. The van der Waals surface area contributed by atoms with E-state index in [0.29, 0.717) is 13.1 Å². The van der Waals surface area contributed by atoms with Crippen molar-refractivity contribution in [3.05, 3.63) is 12.2 Å². The third-order valence-electron chi connectivity index (χ3n) is 2.13. The van der Waals surface area contributed by atoms with Gasteiger partial charge in [-0.3, -0.25) is 9.89 Å². The van der Waals surface area contributed by atoms with E-state index in [1.165, 1.54) is 6.33 Å². The number of rotatable bonds is 1. The summed E-state index contributed by atoms with van der Waals surface area (Å²) in [5.41, 5.74) is 5.68. The lowest BCUT2D eigenvalue weighted by Crippen LogP contribution is -2.32. The molecule has 3 N–H and O–H groups in total. The first kappa shape index (κ1) is 8.18. The summed E-state index contributed by atoms with van der Waals surface area (Å²) in [6.07, 6.45) is 2.18. The molecular formula is C7H11N5O. The Labute approximate surface area is 75.1 Å². The van der Waals surface area contributed by atoms with Gasteiger partial charge in [-0.2, -0.15) is 5.10 Å². The van der Waals surface area contributed by atoms with Crippen molar-refractivity contribution in [2.75, 3.05) is 13.1 Å². The van der Waals surface area contributed by atoms with Crippen molar-refractivity contribution < 1.29 is 4.79 Å². The first-order valence-corrected chi connectivity index (χ1v) is 4.17. The van der Waals surface area contributed by atoms with Crippen LogP contribution in [0.1, 0.15) is 17.0 Å². The van der Waals surface area contributed by atoms with E-state index in [2.05, 4.69) is 15.2 Å². The molecule has 1 amide bonds. The Hall–Kier alpha value is -1.43. The molecule has 13 heavy (non-hydrogen) atoms. The molecule has 2 heterocycles. The van der Waals surface area contributed by atoms with Gasteiger partial charge in [-0.25, -0.2) is 4.98 Å². The maximum atomic E-state index is 11.6. The highest BCUT2D eigenvalue weighted by Crippen LogP contribution is 2.09. The molecule has 0 bridgehead atoms. The fourth-order valence-electron chi connectivity index (χ4n) is 1.43. The van der Waals surface area contributed by atoms with E-state index in [0.717, 1.165) is 6.42 Å². The Kier molecular flexibility index (Phi) is 1.97. The fourth-order valence-corrected chi connectivity index (χ4v) is 1.43. The number of aromatic nitrogens is 3. The van der Waals surface area contributed by atoms with Gasteiger partial charge in [0, 0.05) is 19.1 Å². The second-order valence-corrected chi connectivity index (χ2v) is 3.13. The molecule has 0 unspecified atom stereocenters. The summed E-state index contributed by atoms with van der Waals surface area (Å²) in [6, 6.07) is 0.104. The van der Waals surface area contributed by atoms with Crippen LogP contribution < -0.4 is 5.73 Å². The summed E-state index contributed by atoms with van der Waals surface area (Å²) >= 11 is 0. The monoisotopic (exact) mass is 181 g/mol. The minimum Gasteiger partial charge on any atom is -0.334 e. The van der Waals surface area contributed by atoms with Crippen LogP contribution in [0.4, 0.5) is 0 Å². The molecule has 70 valence electrons. The second-order valence-electron chi connectivity index (χ2n) is 3.13. The molecule has 0 aromatic carbocycles. The molecule has 1 aromatic rings. The van der Waals surface area contributed by atoms with Crippen LogP contribution in [0.25, 0.3) is 0 Å². The molecule has 0 aliphatic carbocycles. The van der Waals surface area contributed by atoms with Crippen molar-refractivity contribution in [1.29, 1.82) is 0 Å². The topological polar surface area (TPSA) is 87.9 Å². The van der Waals surface area contributed by atoms with Gasteiger partial charge < -0.3 is 10.6 Å². The molecular weight excluding hydrogens is 170 g/mol. The Morgan fingerprint density at radius 1 is 1.77 bits per heavy atom. The van der Waals surface area contributed by atoms with Crippen LogP contribution in [0.5, 0.6) is 0 Å². The predicted octanol–water partition coefficient (Wildman–Crippen LogP) is -1.02. The Morgan fingerprint density at radius 2 is 2.62 bits per heavy atom. The van der Waals surface area contributed by atoms with Crippen molar-refractivity contribution in [3.8, 4) is 0 Å². The van der Waals surface area contributed by atoms with Crippen LogP contribution in [0.3, 0.4) is 0 Å². The zero-order valence-corrected chi connectivity index (χ0v) is 7.10. The predicted molar refractivity (Wildman–Crippen MR) is 44.9 cm³/mol. The van der Waals surface area contributed by atoms with E-state index in [1.54, 1.807) is 4.90 Å². The molecule has 1 aromatic heterocycles. The van der Waals surface area contributed by atoms with E-state index in [4.69, 9.17) is 5.73 Å². The third-order valence-corrected chi connectivity index (χ3v) is 2.13. The molecule has 1 aliphatic rings. The SMILES string of the molecule is N[C@@H]1CCN(C(=O)c2ncn[nH]2)C1. The molecule has 0 saturated carbocycles. The van der Waals surface area contributed by atoms with Crippen LogP contribution in [-0.4, -0.2) is 45.1 Å². The summed E-state index contributed by atoms with van der Waals surface area (Å²) in [5.74, 6) is 0.166. The number of carbonyl (C=O) groups excluding carboxylic acids is 1. The van der Waals surface area contributed by atoms with Crippen molar-refractivity contribution in [3.63, 3.8) is 0 Å². The number of nitrogens with zero attached hydrogens (tertiary/aromatic N) is 3. The highest BCUT2D eigenvalue weighted by Gasteiger charge is 2.25. The highest BCUT2D eigenvalue weighted by atomic mass is 16.2. The largest absolute Gasteiger partial charge is 0.334 e. The number of aromatic amines is 1. The van der Waals surface area contributed by atoms with Crippen LogP contribution in [0.2, 0.25) is 0 Å². The van der Waals surface area contributed by atoms with E-state index in [-0.39, 0.29) is 17.8 Å². The number of hydrogen-bond acceptors (Lipinski definition) is 4. The lowest BCUT2D eigenvalue weighted by atomic mass is 10.3. The van der Waals surface area contributed by atoms with Crippen molar-refractivity contribution in [2.24, 2.45) is 5.73 Å².